The van der Waals surface area contributed by atoms with E-state index in [1.54, 1.807) is 0 Å². The van der Waals surface area contributed by atoms with Gasteiger partial charge in [0.05, 0.1) is 12.7 Å². The van der Waals surface area contributed by atoms with E-state index in [2.05, 4.69) is 35.1 Å². The van der Waals surface area contributed by atoms with E-state index in [1.165, 1.54) is 5.56 Å². The summed E-state index contributed by atoms with van der Waals surface area (Å²) in [7, 11) is 2.07. The summed E-state index contributed by atoms with van der Waals surface area (Å²) in [5.74, 6) is 2.11. The highest BCUT2D eigenvalue weighted by Crippen LogP contribution is 2.30. The summed E-state index contributed by atoms with van der Waals surface area (Å²) in [6.45, 7) is 4.49. The molecule has 0 unspecified atom stereocenters. The van der Waals surface area contributed by atoms with E-state index in [0.717, 1.165) is 37.4 Å². The molecule has 0 bridgehead atoms. The van der Waals surface area contributed by atoms with Crippen LogP contribution in [0.15, 0.2) is 22.7 Å². The zero-order valence-electron chi connectivity index (χ0n) is 12.8. The first-order valence-electron chi connectivity index (χ1n) is 7.63. The molecule has 2 aliphatic heterocycles. The van der Waals surface area contributed by atoms with Crippen LogP contribution in [0.25, 0.3) is 11.4 Å². The Morgan fingerprint density at radius 2 is 2.18 bits per heavy atom. The van der Waals surface area contributed by atoms with Crippen molar-refractivity contribution in [1.82, 2.24) is 15.0 Å². The van der Waals surface area contributed by atoms with Crippen molar-refractivity contribution in [3.05, 3.63) is 29.7 Å². The van der Waals surface area contributed by atoms with Gasteiger partial charge in [-0.1, -0.05) is 5.16 Å². The smallest absolute Gasteiger partial charge is 0.257 e. The van der Waals surface area contributed by atoms with E-state index in [4.69, 9.17) is 14.0 Å². The van der Waals surface area contributed by atoms with Crippen LogP contribution < -0.4 is 4.74 Å². The summed E-state index contributed by atoms with van der Waals surface area (Å²) in [5.41, 5.74) is 2.16. The van der Waals surface area contributed by atoms with Crippen molar-refractivity contribution >= 4 is 0 Å². The van der Waals surface area contributed by atoms with Crippen molar-refractivity contribution in [2.45, 2.75) is 25.6 Å². The minimum absolute atomic E-state index is 0.159. The van der Waals surface area contributed by atoms with Crippen molar-refractivity contribution in [1.29, 1.82) is 0 Å². The van der Waals surface area contributed by atoms with Crippen LogP contribution in [0.4, 0.5) is 0 Å². The molecule has 1 aromatic carbocycles. The first kappa shape index (κ1) is 13.7. The summed E-state index contributed by atoms with van der Waals surface area (Å²) in [4.78, 5) is 6.75. The average molecular weight is 301 g/mol. The highest BCUT2D eigenvalue weighted by Gasteiger charge is 2.29. The van der Waals surface area contributed by atoms with Crippen LogP contribution in [-0.4, -0.2) is 47.9 Å². The summed E-state index contributed by atoms with van der Waals surface area (Å²) < 4.78 is 16.9. The van der Waals surface area contributed by atoms with Gasteiger partial charge in [-0.05, 0) is 37.7 Å². The van der Waals surface area contributed by atoms with Crippen LogP contribution in [-0.2, 0) is 11.2 Å². The number of fused-ring (bicyclic) bond motifs is 1. The first-order chi connectivity index (χ1) is 10.7. The molecule has 0 saturated carbocycles. The fourth-order valence-electron chi connectivity index (χ4n) is 3.11. The molecule has 1 saturated heterocycles. The molecule has 2 atom stereocenters. The number of ether oxygens (including phenoxy) is 2. The van der Waals surface area contributed by atoms with Gasteiger partial charge in [-0.3, -0.25) is 0 Å². The molecular formula is C16H19N3O3. The highest BCUT2D eigenvalue weighted by molar-refractivity contribution is 5.59. The van der Waals surface area contributed by atoms with Gasteiger partial charge in [-0.25, -0.2) is 0 Å². The Labute approximate surface area is 129 Å². The number of rotatable bonds is 2. The number of hydrogen-bond acceptors (Lipinski definition) is 6. The maximum Gasteiger partial charge on any atom is 0.257 e. The predicted molar refractivity (Wildman–Crippen MR) is 79.7 cm³/mol. The van der Waals surface area contributed by atoms with Crippen molar-refractivity contribution in [3.63, 3.8) is 0 Å². The Morgan fingerprint density at radius 3 is 3.05 bits per heavy atom. The molecule has 0 spiro atoms. The molecule has 4 rings (SSSR count). The third-order valence-corrected chi connectivity index (χ3v) is 4.11. The molecule has 0 radical (unpaired) electrons. The lowest BCUT2D eigenvalue weighted by atomic mass is 10.1. The van der Waals surface area contributed by atoms with Crippen LogP contribution in [0.5, 0.6) is 5.75 Å². The Bertz CT molecular complexity index is 675. The maximum atomic E-state index is 5.91. The molecule has 1 aromatic heterocycles. The zero-order valence-corrected chi connectivity index (χ0v) is 12.8. The van der Waals surface area contributed by atoms with Crippen LogP contribution >= 0.6 is 0 Å². The third-order valence-electron chi connectivity index (χ3n) is 4.11. The van der Waals surface area contributed by atoms with Gasteiger partial charge in [0, 0.05) is 25.1 Å². The highest BCUT2D eigenvalue weighted by atomic mass is 16.5. The van der Waals surface area contributed by atoms with Gasteiger partial charge in [0.2, 0.25) is 5.82 Å². The summed E-state index contributed by atoms with van der Waals surface area (Å²) in [5, 5.41) is 4.11. The van der Waals surface area contributed by atoms with E-state index in [9.17, 15) is 0 Å². The van der Waals surface area contributed by atoms with Gasteiger partial charge < -0.3 is 18.9 Å². The molecule has 6 nitrogen and oxygen atoms in total. The normalized spacial score (nSPS) is 25.0. The molecule has 116 valence electrons. The number of morpholine rings is 1. The summed E-state index contributed by atoms with van der Waals surface area (Å²) in [6, 6.07) is 6.02. The van der Waals surface area contributed by atoms with Gasteiger partial charge >= 0.3 is 0 Å². The van der Waals surface area contributed by atoms with Gasteiger partial charge in [-0.2, -0.15) is 4.98 Å². The zero-order chi connectivity index (χ0) is 15.1. The number of nitrogens with zero attached hydrogens (tertiary/aromatic N) is 3. The van der Waals surface area contributed by atoms with Crippen LogP contribution in [0.1, 0.15) is 24.5 Å². The number of likely N-dealkylation sites (N-methyl/N-ethyl adjacent to an activating group) is 1. The Balaban J connectivity index is 1.59. The Hall–Kier alpha value is -1.92. The van der Waals surface area contributed by atoms with E-state index < -0.39 is 0 Å². The minimum atomic E-state index is -0.159. The number of hydrogen-bond donors (Lipinski definition) is 0. The average Bonchev–Trinajstić information content (AvgIpc) is 3.14. The van der Waals surface area contributed by atoms with Crippen molar-refractivity contribution < 1.29 is 14.0 Å². The molecule has 2 aliphatic rings. The monoisotopic (exact) mass is 301 g/mol. The topological polar surface area (TPSA) is 60.6 Å². The fraction of sp³-hybridized carbons (Fsp3) is 0.500. The van der Waals surface area contributed by atoms with Crippen molar-refractivity contribution in [2.24, 2.45) is 0 Å². The van der Waals surface area contributed by atoms with Crippen LogP contribution in [0, 0.1) is 0 Å². The van der Waals surface area contributed by atoms with E-state index >= 15 is 0 Å². The second kappa shape index (κ2) is 5.37. The molecule has 0 amide bonds. The van der Waals surface area contributed by atoms with E-state index in [1.807, 2.05) is 12.1 Å². The quantitative estimate of drug-likeness (QED) is 0.846. The number of aromatic nitrogens is 2. The lowest BCUT2D eigenvalue weighted by molar-refractivity contribution is -0.0838. The summed E-state index contributed by atoms with van der Waals surface area (Å²) >= 11 is 0. The number of benzene rings is 1. The first-order valence-corrected chi connectivity index (χ1v) is 7.63. The maximum absolute atomic E-state index is 5.91. The molecule has 2 aromatic rings. The lowest BCUT2D eigenvalue weighted by Gasteiger charge is -2.32. The van der Waals surface area contributed by atoms with Gasteiger partial charge in [0.15, 0.2) is 0 Å². The second-order valence-electron chi connectivity index (χ2n) is 6.03. The van der Waals surface area contributed by atoms with Gasteiger partial charge in [-0.15, -0.1) is 0 Å². The molecule has 0 N–H and O–H groups in total. The largest absolute Gasteiger partial charge is 0.493 e. The SMILES string of the molecule is C[C@@H]1CN(C)C[C@H](c2nc(-c3ccc4c(c3)CCO4)no2)O1. The Morgan fingerprint density at radius 1 is 1.27 bits per heavy atom. The van der Waals surface area contributed by atoms with Crippen LogP contribution in [0.3, 0.4) is 0 Å². The van der Waals surface area contributed by atoms with E-state index in [-0.39, 0.29) is 12.2 Å². The standard InChI is InChI=1S/C16H19N3O3/c1-10-8-19(2)9-14(21-10)16-17-15(18-22-16)12-3-4-13-11(7-12)5-6-20-13/h3-4,7,10,14H,5-6,8-9H2,1-2H3/t10-,14-/m1/s1. The van der Waals surface area contributed by atoms with Gasteiger partial charge in [0.1, 0.15) is 11.9 Å². The fourth-order valence-corrected chi connectivity index (χ4v) is 3.11. The second-order valence-corrected chi connectivity index (χ2v) is 6.03. The summed E-state index contributed by atoms with van der Waals surface area (Å²) in [6.07, 6.45) is 0.936. The molecule has 1 fully saturated rings. The third kappa shape index (κ3) is 2.48. The molecule has 0 aliphatic carbocycles. The molecular weight excluding hydrogens is 282 g/mol. The molecule has 22 heavy (non-hydrogen) atoms. The van der Waals surface area contributed by atoms with Crippen LogP contribution in [0.2, 0.25) is 0 Å². The Kier molecular flexibility index (Phi) is 3.35. The van der Waals surface area contributed by atoms with Crippen molar-refractivity contribution in [3.8, 4) is 17.1 Å². The molecule has 3 heterocycles. The van der Waals surface area contributed by atoms with Crippen molar-refractivity contribution in [2.75, 3.05) is 26.7 Å². The lowest BCUT2D eigenvalue weighted by Crippen LogP contribution is -2.40. The predicted octanol–water partition coefficient (Wildman–Crippen LogP) is 2.06. The minimum Gasteiger partial charge on any atom is -0.493 e. The van der Waals surface area contributed by atoms with Gasteiger partial charge in [0.25, 0.3) is 5.89 Å². The molecule has 6 heteroatoms. The van der Waals surface area contributed by atoms with E-state index in [0.29, 0.717) is 11.7 Å².